The Bertz CT molecular complexity index is 782. The van der Waals surface area contributed by atoms with Gasteiger partial charge in [0.25, 0.3) is 0 Å². The molecule has 0 radical (unpaired) electrons. The molecule has 0 fully saturated rings. The Labute approximate surface area is 141 Å². The van der Waals surface area contributed by atoms with Gasteiger partial charge >= 0.3 is 0 Å². The number of carbonyl (C=O) groups is 2. The van der Waals surface area contributed by atoms with E-state index in [4.69, 9.17) is 10.5 Å². The molecule has 124 valence electrons. The first-order valence-corrected chi connectivity index (χ1v) is 7.49. The second kappa shape index (κ2) is 7.97. The summed E-state index contributed by atoms with van der Waals surface area (Å²) in [7, 11) is 1.59. The number of hydrogen-bond donors (Lipinski definition) is 2. The van der Waals surface area contributed by atoms with Gasteiger partial charge in [-0.3, -0.25) is 9.59 Å². The summed E-state index contributed by atoms with van der Waals surface area (Å²) < 4.78 is 5.27. The van der Waals surface area contributed by atoms with Crippen molar-refractivity contribution >= 4 is 17.9 Å². The molecule has 0 aliphatic heterocycles. The van der Waals surface area contributed by atoms with Gasteiger partial charge < -0.3 is 15.8 Å². The van der Waals surface area contributed by atoms with Crippen molar-refractivity contribution in [2.45, 2.75) is 13.5 Å². The van der Waals surface area contributed by atoms with Gasteiger partial charge in [-0.1, -0.05) is 23.8 Å². The first-order valence-electron chi connectivity index (χ1n) is 7.49. The lowest BCUT2D eigenvalue weighted by Crippen LogP contribution is -2.20. The first kappa shape index (κ1) is 17.3. The largest absolute Gasteiger partial charge is 0.496 e. The van der Waals surface area contributed by atoms with Crippen LogP contribution in [-0.4, -0.2) is 18.9 Å². The van der Waals surface area contributed by atoms with Crippen LogP contribution in [0.3, 0.4) is 0 Å². The number of benzene rings is 2. The molecule has 24 heavy (non-hydrogen) atoms. The third-order valence-corrected chi connectivity index (χ3v) is 3.48. The van der Waals surface area contributed by atoms with Crippen molar-refractivity contribution in [3.8, 4) is 5.75 Å². The van der Waals surface area contributed by atoms with Crippen molar-refractivity contribution in [1.29, 1.82) is 0 Å². The Morgan fingerprint density at radius 1 is 1.21 bits per heavy atom. The number of nitrogens with one attached hydrogen (secondary N) is 1. The molecule has 3 N–H and O–H groups in total. The lowest BCUT2D eigenvalue weighted by Gasteiger charge is -2.06. The normalized spacial score (nSPS) is 10.6. The molecule has 5 heteroatoms. The smallest absolute Gasteiger partial charge is 0.248 e. The minimum absolute atomic E-state index is 0.233. The van der Waals surface area contributed by atoms with Crippen LogP contribution < -0.4 is 15.8 Å². The van der Waals surface area contributed by atoms with E-state index in [1.165, 1.54) is 6.08 Å². The van der Waals surface area contributed by atoms with Crippen LogP contribution in [0.1, 0.15) is 27.0 Å². The van der Waals surface area contributed by atoms with E-state index in [1.54, 1.807) is 31.4 Å². The van der Waals surface area contributed by atoms with E-state index < -0.39 is 5.91 Å². The Balaban J connectivity index is 2.00. The van der Waals surface area contributed by atoms with Gasteiger partial charge in [-0.2, -0.15) is 0 Å². The van der Waals surface area contributed by atoms with Crippen molar-refractivity contribution in [2.24, 2.45) is 5.73 Å². The highest BCUT2D eigenvalue weighted by atomic mass is 16.5. The molecule has 2 aromatic rings. The fraction of sp³-hybridized carbons (Fsp3) is 0.158. The minimum Gasteiger partial charge on any atom is -0.496 e. The molecule has 0 aliphatic carbocycles. The highest BCUT2D eigenvalue weighted by molar-refractivity contribution is 5.93. The van der Waals surface area contributed by atoms with Crippen molar-refractivity contribution in [1.82, 2.24) is 5.32 Å². The maximum absolute atomic E-state index is 12.0. The first-order chi connectivity index (χ1) is 11.5. The molecule has 2 amide bonds. The Hall–Kier alpha value is -3.08. The second-order valence-corrected chi connectivity index (χ2v) is 5.36. The number of rotatable bonds is 6. The van der Waals surface area contributed by atoms with E-state index in [2.05, 4.69) is 5.32 Å². The number of ether oxygens (including phenoxy) is 1. The van der Waals surface area contributed by atoms with Crippen molar-refractivity contribution in [3.63, 3.8) is 0 Å². The predicted octanol–water partition coefficient (Wildman–Crippen LogP) is 2.43. The van der Waals surface area contributed by atoms with Crippen molar-refractivity contribution in [3.05, 3.63) is 70.8 Å². The lowest BCUT2D eigenvalue weighted by atomic mass is 10.1. The van der Waals surface area contributed by atoms with Crippen LogP contribution in [0.4, 0.5) is 0 Å². The summed E-state index contributed by atoms with van der Waals surface area (Å²) in [6.07, 6.45) is 3.16. The minimum atomic E-state index is -0.491. The second-order valence-electron chi connectivity index (χ2n) is 5.36. The zero-order valence-corrected chi connectivity index (χ0v) is 13.7. The quantitative estimate of drug-likeness (QED) is 0.801. The van der Waals surface area contributed by atoms with Crippen LogP contribution in [0.25, 0.3) is 6.08 Å². The van der Waals surface area contributed by atoms with Gasteiger partial charge in [0, 0.05) is 23.7 Å². The molecule has 0 saturated carbocycles. The van der Waals surface area contributed by atoms with Gasteiger partial charge in [0.15, 0.2) is 0 Å². The number of hydrogen-bond acceptors (Lipinski definition) is 3. The number of carbonyl (C=O) groups excluding carboxylic acids is 2. The Kier molecular flexibility index (Phi) is 5.73. The lowest BCUT2D eigenvalue weighted by molar-refractivity contribution is -0.116. The summed E-state index contributed by atoms with van der Waals surface area (Å²) in [5, 5.41) is 2.77. The molecule has 0 bridgehead atoms. The molecular formula is C19H20N2O3. The molecule has 5 nitrogen and oxygen atoms in total. The molecule has 2 aromatic carbocycles. The highest BCUT2D eigenvalue weighted by Crippen LogP contribution is 2.20. The topological polar surface area (TPSA) is 81.4 Å². The third kappa shape index (κ3) is 4.71. The van der Waals surface area contributed by atoms with E-state index in [0.29, 0.717) is 17.9 Å². The number of methoxy groups -OCH3 is 1. The van der Waals surface area contributed by atoms with E-state index in [1.807, 2.05) is 31.2 Å². The van der Waals surface area contributed by atoms with Gasteiger partial charge in [0.05, 0.1) is 7.11 Å². The van der Waals surface area contributed by atoms with E-state index in [-0.39, 0.29) is 5.91 Å². The Morgan fingerprint density at radius 2 is 2.00 bits per heavy atom. The number of primary amides is 1. The number of amides is 2. The van der Waals surface area contributed by atoms with Gasteiger partial charge in [0.2, 0.25) is 11.8 Å². The summed E-state index contributed by atoms with van der Waals surface area (Å²) in [5.74, 6) is -0.0172. The van der Waals surface area contributed by atoms with Crippen LogP contribution in [0.5, 0.6) is 5.75 Å². The number of nitrogens with two attached hydrogens (primary N) is 1. The monoisotopic (exact) mass is 324 g/mol. The van der Waals surface area contributed by atoms with Gasteiger partial charge in [-0.25, -0.2) is 0 Å². The summed E-state index contributed by atoms with van der Waals surface area (Å²) in [6, 6.07) is 12.6. The van der Waals surface area contributed by atoms with Gasteiger partial charge in [0.1, 0.15) is 5.75 Å². The van der Waals surface area contributed by atoms with E-state index >= 15 is 0 Å². The highest BCUT2D eigenvalue weighted by Gasteiger charge is 2.03. The summed E-state index contributed by atoms with van der Waals surface area (Å²) >= 11 is 0. The predicted molar refractivity (Wildman–Crippen MR) is 93.6 cm³/mol. The zero-order valence-electron chi connectivity index (χ0n) is 13.7. The van der Waals surface area contributed by atoms with E-state index in [9.17, 15) is 9.59 Å². The van der Waals surface area contributed by atoms with Crippen molar-refractivity contribution < 1.29 is 14.3 Å². The summed E-state index contributed by atoms with van der Waals surface area (Å²) in [4.78, 5) is 23.1. The molecule has 0 aliphatic rings. The summed E-state index contributed by atoms with van der Waals surface area (Å²) in [6.45, 7) is 2.29. The molecule has 0 aromatic heterocycles. The van der Waals surface area contributed by atoms with Crippen LogP contribution in [-0.2, 0) is 11.3 Å². The van der Waals surface area contributed by atoms with Crippen LogP contribution in [0, 0.1) is 6.92 Å². The van der Waals surface area contributed by atoms with E-state index in [0.717, 1.165) is 16.7 Å². The van der Waals surface area contributed by atoms with Crippen LogP contribution in [0.2, 0.25) is 0 Å². The maximum atomic E-state index is 12.0. The zero-order chi connectivity index (χ0) is 17.5. The molecule has 0 spiro atoms. The van der Waals surface area contributed by atoms with Crippen molar-refractivity contribution in [2.75, 3.05) is 7.11 Å². The molecule has 0 heterocycles. The van der Waals surface area contributed by atoms with Gasteiger partial charge in [-0.05, 0) is 42.8 Å². The molecule has 2 rings (SSSR count). The summed E-state index contributed by atoms with van der Waals surface area (Å²) in [5.41, 5.74) is 8.38. The Morgan fingerprint density at radius 3 is 2.71 bits per heavy atom. The number of aryl methyl sites for hydroxylation is 1. The average Bonchev–Trinajstić information content (AvgIpc) is 2.58. The SMILES string of the molecule is COc1ccc(C)cc1/C=C/C(=O)NCc1cccc(C(N)=O)c1. The maximum Gasteiger partial charge on any atom is 0.248 e. The van der Waals surface area contributed by atoms with Crippen LogP contribution >= 0.6 is 0 Å². The average molecular weight is 324 g/mol. The van der Waals surface area contributed by atoms with Gasteiger partial charge in [-0.15, -0.1) is 0 Å². The fourth-order valence-electron chi connectivity index (χ4n) is 2.23. The van der Waals surface area contributed by atoms with Crippen LogP contribution in [0.15, 0.2) is 48.5 Å². The molecule has 0 saturated heterocycles. The third-order valence-electron chi connectivity index (χ3n) is 3.48. The molecular weight excluding hydrogens is 304 g/mol. The fourth-order valence-corrected chi connectivity index (χ4v) is 2.23. The molecule has 0 atom stereocenters. The standard InChI is InChI=1S/C19H20N2O3/c1-13-6-8-17(24-2)15(10-13)7-9-18(22)21-12-14-4-3-5-16(11-14)19(20)23/h3-11H,12H2,1-2H3,(H2,20,23)(H,21,22)/b9-7+. The molecule has 0 unspecified atom stereocenters.